The molecule has 1 amide bonds. The largest absolute Gasteiger partial charge is 0.494 e. The molecule has 7 heteroatoms. The Hall–Kier alpha value is -2.77. The maximum absolute atomic E-state index is 13.3. The summed E-state index contributed by atoms with van der Waals surface area (Å²) in [4.78, 5) is 20.6. The van der Waals surface area contributed by atoms with Gasteiger partial charge in [-0.2, -0.15) is 0 Å². The number of hydrogen-bond donors (Lipinski definition) is 1. The minimum absolute atomic E-state index is 0.0239. The lowest BCUT2D eigenvalue weighted by atomic mass is 10.1. The van der Waals surface area contributed by atoms with Crippen LogP contribution in [0.1, 0.15) is 21.9 Å². The van der Waals surface area contributed by atoms with Gasteiger partial charge < -0.3 is 15.0 Å². The van der Waals surface area contributed by atoms with Crippen molar-refractivity contribution in [3.8, 4) is 16.2 Å². The second-order valence-corrected chi connectivity index (χ2v) is 8.47. The Morgan fingerprint density at radius 1 is 1.23 bits per heavy atom. The second-order valence-electron chi connectivity index (χ2n) is 7.27. The van der Waals surface area contributed by atoms with E-state index in [1.807, 2.05) is 42.2 Å². The summed E-state index contributed by atoms with van der Waals surface area (Å²) in [6, 6.07) is 16.1. The topological polar surface area (TPSA) is 54.5 Å². The van der Waals surface area contributed by atoms with E-state index in [2.05, 4.69) is 10.3 Å². The summed E-state index contributed by atoms with van der Waals surface area (Å²) >= 11 is 1.55. The molecule has 3 aromatic rings. The predicted molar refractivity (Wildman–Crippen MR) is 116 cm³/mol. The van der Waals surface area contributed by atoms with E-state index < -0.39 is 0 Å². The minimum atomic E-state index is -0.280. The molecular weight excluding hydrogens is 401 g/mol. The first-order chi connectivity index (χ1) is 14.6. The molecule has 1 fully saturated rings. The molecule has 1 saturated heterocycles. The number of aryl methyl sites for hydroxylation is 1. The number of aromatic nitrogens is 1. The van der Waals surface area contributed by atoms with E-state index in [0.29, 0.717) is 31.1 Å². The molecule has 30 heavy (non-hydrogen) atoms. The number of hydrogen-bond acceptors (Lipinski definition) is 5. The van der Waals surface area contributed by atoms with Crippen molar-refractivity contribution in [3.05, 3.63) is 71.1 Å². The maximum atomic E-state index is 13.3. The van der Waals surface area contributed by atoms with E-state index in [1.54, 1.807) is 23.5 Å². The van der Waals surface area contributed by atoms with Gasteiger partial charge in [-0.15, -0.1) is 11.3 Å². The van der Waals surface area contributed by atoms with Gasteiger partial charge in [-0.05, 0) is 43.2 Å². The van der Waals surface area contributed by atoms with Gasteiger partial charge in [-0.1, -0.05) is 30.3 Å². The fourth-order valence-corrected chi connectivity index (χ4v) is 4.48. The van der Waals surface area contributed by atoms with E-state index in [9.17, 15) is 9.18 Å². The van der Waals surface area contributed by atoms with Crippen LogP contribution in [-0.2, 0) is 0 Å². The summed E-state index contributed by atoms with van der Waals surface area (Å²) < 4.78 is 18.7. The smallest absolute Gasteiger partial charge is 0.274 e. The molecule has 0 radical (unpaired) electrons. The summed E-state index contributed by atoms with van der Waals surface area (Å²) in [6.45, 7) is 4.42. The molecule has 1 unspecified atom stereocenters. The quantitative estimate of drug-likeness (QED) is 0.645. The number of thiazole rings is 1. The van der Waals surface area contributed by atoms with Crippen LogP contribution in [0.2, 0.25) is 0 Å². The first-order valence-corrected chi connectivity index (χ1v) is 10.9. The number of benzene rings is 2. The molecule has 156 valence electrons. The third-order valence-corrected chi connectivity index (χ3v) is 6.08. The molecule has 1 aliphatic rings. The van der Waals surface area contributed by atoms with Crippen LogP contribution < -0.4 is 10.1 Å². The number of amides is 1. The first-order valence-electron chi connectivity index (χ1n) is 10.0. The SMILES string of the molecule is Cc1nc(C(=O)N2CCNC(CCOc3ccc(F)cc3)C2)c(-c2ccccc2)s1. The molecule has 0 aliphatic carbocycles. The second kappa shape index (κ2) is 9.36. The number of nitrogens with zero attached hydrogens (tertiary/aromatic N) is 2. The van der Waals surface area contributed by atoms with Crippen molar-refractivity contribution in [2.45, 2.75) is 19.4 Å². The van der Waals surface area contributed by atoms with E-state index in [0.717, 1.165) is 28.4 Å². The molecule has 0 saturated carbocycles. The van der Waals surface area contributed by atoms with Crippen molar-refractivity contribution >= 4 is 17.2 Å². The summed E-state index contributed by atoms with van der Waals surface area (Å²) in [5, 5.41) is 4.34. The zero-order chi connectivity index (χ0) is 20.9. The van der Waals surface area contributed by atoms with Crippen LogP contribution in [0.3, 0.4) is 0 Å². The van der Waals surface area contributed by atoms with Crippen LogP contribution in [-0.4, -0.2) is 48.1 Å². The summed E-state index contributed by atoms with van der Waals surface area (Å²) in [5.41, 5.74) is 1.55. The molecule has 1 N–H and O–H groups in total. The van der Waals surface area contributed by atoms with Crippen LogP contribution in [0, 0.1) is 12.7 Å². The third-order valence-electron chi connectivity index (χ3n) is 5.06. The van der Waals surface area contributed by atoms with Gasteiger partial charge in [0.25, 0.3) is 5.91 Å². The number of halogens is 1. The zero-order valence-electron chi connectivity index (χ0n) is 16.8. The standard InChI is InChI=1S/C23H24FN3O2S/c1-16-26-21(22(30-16)17-5-3-2-4-6-17)23(28)27-13-12-25-19(15-27)11-14-29-20-9-7-18(24)8-10-20/h2-10,19,25H,11-15H2,1H3. The Morgan fingerprint density at radius 2 is 2.00 bits per heavy atom. The first kappa shape index (κ1) is 20.5. The lowest BCUT2D eigenvalue weighted by Gasteiger charge is -2.33. The van der Waals surface area contributed by atoms with Gasteiger partial charge in [0.15, 0.2) is 0 Å². The normalized spacial score (nSPS) is 16.5. The van der Waals surface area contributed by atoms with E-state index in [4.69, 9.17) is 4.74 Å². The average molecular weight is 426 g/mol. The zero-order valence-corrected chi connectivity index (χ0v) is 17.6. The Labute approximate surface area is 179 Å². The molecule has 0 spiro atoms. The Kier molecular flexibility index (Phi) is 6.40. The highest BCUT2D eigenvalue weighted by Crippen LogP contribution is 2.31. The Balaban J connectivity index is 1.39. The molecule has 0 bridgehead atoms. The highest BCUT2D eigenvalue weighted by molar-refractivity contribution is 7.15. The number of carbonyl (C=O) groups excluding carboxylic acids is 1. The van der Waals surface area contributed by atoms with Crippen LogP contribution in [0.25, 0.3) is 10.4 Å². The van der Waals surface area contributed by atoms with E-state index >= 15 is 0 Å². The summed E-state index contributed by atoms with van der Waals surface area (Å²) in [6.07, 6.45) is 0.753. The molecule has 4 rings (SSSR count). The third kappa shape index (κ3) is 4.86. The number of ether oxygens (including phenoxy) is 1. The van der Waals surface area contributed by atoms with Crippen molar-refractivity contribution in [1.82, 2.24) is 15.2 Å². The van der Waals surface area contributed by atoms with Crippen LogP contribution in [0.5, 0.6) is 5.75 Å². The lowest BCUT2D eigenvalue weighted by Crippen LogP contribution is -2.53. The van der Waals surface area contributed by atoms with Gasteiger partial charge in [0.1, 0.15) is 17.3 Å². The van der Waals surface area contributed by atoms with Crippen molar-refractivity contribution < 1.29 is 13.9 Å². The number of nitrogens with one attached hydrogen (secondary N) is 1. The highest BCUT2D eigenvalue weighted by atomic mass is 32.1. The predicted octanol–water partition coefficient (Wildman–Crippen LogP) is 4.14. The minimum Gasteiger partial charge on any atom is -0.494 e. The van der Waals surface area contributed by atoms with Crippen LogP contribution in [0.15, 0.2) is 54.6 Å². The molecule has 5 nitrogen and oxygen atoms in total. The van der Waals surface area contributed by atoms with Gasteiger partial charge in [0.2, 0.25) is 0 Å². The van der Waals surface area contributed by atoms with Gasteiger partial charge >= 0.3 is 0 Å². The highest BCUT2D eigenvalue weighted by Gasteiger charge is 2.28. The van der Waals surface area contributed by atoms with E-state index in [-0.39, 0.29) is 17.8 Å². The number of rotatable bonds is 6. The molecule has 2 heterocycles. The van der Waals surface area contributed by atoms with Crippen LogP contribution >= 0.6 is 11.3 Å². The lowest BCUT2D eigenvalue weighted by molar-refractivity contribution is 0.0688. The number of piperazine rings is 1. The molecular formula is C23H24FN3O2S. The number of carbonyl (C=O) groups is 1. The molecule has 1 atom stereocenters. The van der Waals surface area contributed by atoms with E-state index in [1.165, 1.54) is 12.1 Å². The van der Waals surface area contributed by atoms with Crippen molar-refractivity contribution in [2.75, 3.05) is 26.2 Å². The van der Waals surface area contributed by atoms with Gasteiger partial charge in [-0.3, -0.25) is 4.79 Å². The fraction of sp³-hybridized carbons (Fsp3) is 0.304. The Bertz CT molecular complexity index is 991. The molecule has 2 aromatic carbocycles. The maximum Gasteiger partial charge on any atom is 0.274 e. The summed E-state index contributed by atoms with van der Waals surface area (Å²) in [5.74, 6) is 0.340. The monoisotopic (exact) mass is 425 g/mol. The van der Waals surface area contributed by atoms with Gasteiger partial charge in [-0.25, -0.2) is 9.37 Å². The molecule has 1 aromatic heterocycles. The Morgan fingerprint density at radius 3 is 2.77 bits per heavy atom. The van der Waals surface area contributed by atoms with Crippen LogP contribution in [0.4, 0.5) is 4.39 Å². The molecule has 1 aliphatic heterocycles. The van der Waals surface area contributed by atoms with Crippen molar-refractivity contribution in [1.29, 1.82) is 0 Å². The van der Waals surface area contributed by atoms with Crippen molar-refractivity contribution in [2.24, 2.45) is 0 Å². The average Bonchev–Trinajstić information content (AvgIpc) is 3.17. The summed E-state index contributed by atoms with van der Waals surface area (Å²) in [7, 11) is 0. The fourth-order valence-electron chi connectivity index (χ4n) is 3.56. The van der Waals surface area contributed by atoms with Crippen molar-refractivity contribution in [3.63, 3.8) is 0 Å². The van der Waals surface area contributed by atoms with Gasteiger partial charge in [0, 0.05) is 25.7 Å². The van der Waals surface area contributed by atoms with Gasteiger partial charge in [0.05, 0.1) is 16.5 Å².